The molecule has 0 fully saturated rings. The van der Waals surface area contributed by atoms with Crippen molar-refractivity contribution in [3.63, 3.8) is 0 Å². The third-order valence-electron chi connectivity index (χ3n) is 2.43. The van der Waals surface area contributed by atoms with Crippen molar-refractivity contribution in [2.45, 2.75) is 19.4 Å². The fourth-order valence-corrected chi connectivity index (χ4v) is 1.42. The zero-order chi connectivity index (χ0) is 12.8. The van der Waals surface area contributed by atoms with Gasteiger partial charge in [0.25, 0.3) is 5.56 Å². The van der Waals surface area contributed by atoms with E-state index in [0.29, 0.717) is 19.4 Å². The van der Waals surface area contributed by atoms with Gasteiger partial charge in [-0.1, -0.05) is 0 Å². The van der Waals surface area contributed by atoms with E-state index < -0.39 is 0 Å². The van der Waals surface area contributed by atoms with Crippen molar-refractivity contribution in [2.24, 2.45) is 0 Å². The number of amides is 1. The first-order valence-electron chi connectivity index (χ1n) is 5.36. The summed E-state index contributed by atoms with van der Waals surface area (Å²) in [5.41, 5.74) is -0.168. The van der Waals surface area contributed by atoms with Gasteiger partial charge in [0.05, 0.1) is 0 Å². The lowest BCUT2D eigenvalue weighted by Crippen LogP contribution is -2.24. The smallest absolute Gasteiger partial charge is 0.268 e. The minimum Gasteiger partial charge on any atom is -0.349 e. The van der Waals surface area contributed by atoms with E-state index in [2.05, 4.69) is 0 Å². The maximum Gasteiger partial charge on any atom is 0.268 e. The summed E-state index contributed by atoms with van der Waals surface area (Å²) in [6.07, 6.45) is 2.62. The van der Waals surface area contributed by atoms with Gasteiger partial charge in [-0.25, -0.2) is 0 Å². The highest BCUT2D eigenvalue weighted by atomic mass is 16.2. The van der Waals surface area contributed by atoms with E-state index in [1.807, 2.05) is 6.07 Å². The Kier molecular flexibility index (Phi) is 4.46. The van der Waals surface area contributed by atoms with Gasteiger partial charge in [0, 0.05) is 33.3 Å². The van der Waals surface area contributed by atoms with E-state index in [1.54, 1.807) is 26.4 Å². The average molecular weight is 233 g/mol. The number of nitrogens with zero attached hydrogens (tertiary/aromatic N) is 3. The number of carbonyl (C=O) groups excluding carboxylic acids is 1. The fraction of sp³-hybridized carbons (Fsp3) is 0.417. The second-order valence-corrected chi connectivity index (χ2v) is 3.92. The number of aromatic nitrogens is 1. The van der Waals surface area contributed by atoms with Crippen molar-refractivity contribution < 1.29 is 4.79 Å². The minimum atomic E-state index is -0.299. The van der Waals surface area contributed by atoms with Crippen LogP contribution in [-0.2, 0) is 11.3 Å². The molecule has 0 aliphatic carbocycles. The van der Waals surface area contributed by atoms with Crippen molar-refractivity contribution in [1.82, 2.24) is 9.47 Å². The summed E-state index contributed by atoms with van der Waals surface area (Å²) < 4.78 is 1.46. The molecule has 1 heterocycles. The first-order chi connectivity index (χ1) is 8.06. The predicted molar refractivity (Wildman–Crippen MR) is 63.3 cm³/mol. The molecule has 0 spiro atoms. The summed E-state index contributed by atoms with van der Waals surface area (Å²) in [5, 5.41) is 8.71. The molecule has 17 heavy (non-hydrogen) atoms. The first-order valence-corrected chi connectivity index (χ1v) is 5.36. The highest BCUT2D eigenvalue weighted by Crippen LogP contribution is 1.97. The summed E-state index contributed by atoms with van der Waals surface area (Å²) >= 11 is 0. The molecule has 5 heteroatoms. The number of nitriles is 1. The van der Waals surface area contributed by atoms with Crippen LogP contribution in [0.15, 0.2) is 23.1 Å². The number of pyridine rings is 1. The molecule has 1 aromatic heterocycles. The maximum absolute atomic E-state index is 11.7. The van der Waals surface area contributed by atoms with Crippen LogP contribution in [0.1, 0.15) is 18.4 Å². The van der Waals surface area contributed by atoms with Crippen LogP contribution in [0, 0.1) is 11.3 Å². The molecule has 1 amide bonds. The number of rotatable bonds is 4. The van der Waals surface area contributed by atoms with Crippen LogP contribution in [0.5, 0.6) is 0 Å². The molecule has 0 saturated carbocycles. The van der Waals surface area contributed by atoms with E-state index in [-0.39, 0.29) is 17.0 Å². The number of carbonyl (C=O) groups is 1. The van der Waals surface area contributed by atoms with Gasteiger partial charge in [-0.15, -0.1) is 0 Å². The van der Waals surface area contributed by atoms with Gasteiger partial charge in [-0.2, -0.15) is 5.26 Å². The SMILES string of the molecule is CN(C)C(=O)CCCn1cccc(C#N)c1=O. The zero-order valence-corrected chi connectivity index (χ0v) is 10.0. The molecule has 0 unspecified atom stereocenters. The van der Waals surface area contributed by atoms with E-state index in [1.165, 1.54) is 15.5 Å². The lowest BCUT2D eigenvalue weighted by Gasteiger charge is -2.10. The van der Waals surface area contributed by atoms with E-state index in [9.17, 15) is 9.59 Å². The van der Waals surface area contributed by atoms with Crippen LogP contribution in [0.25, 0.3) is 0 Å². The lowest BCUT2D eigenvalue weighted by molar-refractivity contribution is -0.128. The zero-order valence-electron chi connectivity index (χ0n) is 10.0. The van der Waals surface area contributed by atoms with Gasteiger partial charge in [0.2, 0.25) is 5.91 Å². The van der Waals surface area contributed by atoms with Gasteiger partial charge >= 0.3 is 0 Å². The summed E-state index contributed by atoms with van der Waals surface area (Å²) in [4.78, 5) is 24.5. The third kappa shape index (κ3) is 3.45. The van der Waals surface area contributed by atoms with Crippen molar-refractivity contribution >= 4 is 5.91 Å². The molecule has 0 aliphatic rings. The molecule has 0 saturated heterocycles. The molecule has 0 bridgehead atoms. The normalized spacial score (nSPS) is 9.71. The Labute approximate surface area is 99.9 Å². The summed E-state index contributed by atoms with van der Waals surface area (Å²) in [5.74, 6) is 0.0366. The molecular formula is C12H15N3O2. The third-order valence-corrected chi connectivity index (χ3v) is 2.43. The van der Waals surface area contributed by atoms with Crippen molar-refractivity contribution in [3.8, 4) is 6.07 Å². The van der Waals surface area contributed by atoms with Crippen molar-refractivity contribution in [3.05, 3.63) is 34.2 Å². The van der Waals surface area contributed by atoms with Gasteiger partial charge in [-0.3, -0.25) is 9.59 Å². The Morgan fingerprint density at radius 1 is 1.53 bits per heavy atom. The molecule has 5 nitrogen and oxygen atoms in total. The number of aryl methyl sites for hydroxylation is 1. The Hall–Kier alpha value is -2.09. The molecule has 0 radical (unpaired) electrons. The molecular weight excluding hydrogens is 218 g/mol. The average Bonchev–Trinajstić information content (AvgIpc) is 2.31. The van der Waals surface area contributed by atoms with E-state index >= 15 is 0 Å². The van der Waals surface area contributed by atoms with Gasteiger partial charge in [-0.05, 0) is 18.6 Å². The molecule has 0 atom stereocenters. The highest BCUT2D eigenvalue weighted by Gasteiger charge is 2.05. The van der Waals surface area contributed by atoms with Crippen LogP contribution in [-0.4, -0.2) is 29.5 Å². The molecule has 90 valence electrons. The van der Waals surface area contributed by atoms with Crippen molar-refractivity contribution in [2.75, 3.05) is 14.1 Å². The first kappa shape index (κ1) is 13.0. The van der Waals surface area contributed by atoms with Crippen LogP contribution in [0.2, 0.25) is 0 Å². The maximum atomic E-state index is 11.7. The highest BCUT2D eigenvalue weighted by molar-refractivity contribution is 5.75. The second kappa shape index (κ2) is 5.85. The summed E-state index contributed by atoms with van der Waals surface area (Å²) in [7, 11) is 3.40. The summed E-state index contributed by atoms with van der Waals surface area (Å²) in [6, 6.07) is 4.99. The van der Waals surface area contributed by atoms with E-state index in [0.717, 1.165) is 0 Å². The molecule has 1 rings (SSSR count). The Bertz CT molecular complexity index is 497. The lowest BCUT2D eigenvalue weighted by atomic mass is 10.2. The quantitative estimate of drug-likeness (QED) is 0.764. The van der Waals surface area contributed by atoms with Crippen LogP contribution < -0.4 is 5.56 Å². The Balaban J connectivity index is 2.63. The van der Waals surface area contributed by atoms with Gasteiger partial charge < -0.3 is 9.47 Å². The van der Waals surface area contributed by atoms with Crippen LogP contribution in [0.4, 0.5) is 0 Å². The molecule has 0 aromatic carbocycles. The van der Waals surface area contributed by atoms with Crippen LogP contribution in [0.3, 0.4) is 0 Å². The van der Waals surface area contributed by atoms with Gasteiger partial charge in [0.15, 0.2) is 0 Å². The second-order valence-electron chi connectivity index (χ2n) is 3.92. The van der Waals surface area contributed by atoms with Gasteiger partial charge in [0.1, 0.15) is 11.6 Å². The fourth-order valence-electron chi connectivity index (χ4n) is 1.42. The minimum absolute atomic E-state index is 0.0366. The predicted octanol–water partition coefficient (Wildman–Crippen LogP) is 0.588. The van der Waals surface area contributed by atoms with Crippen molar-refractivity contribution in [1.29, 1.82) is 5.26 Å². The van der Waals surface area contributed by atoms with Crippen LogP contribution >= 0.6 is 0 Å². The largest absolute Gasteiger partial charge is 0.349 e. The Morgan fingerprint density at radius 2 is 2.24 bits per heavy atom. The monoisotopic (exact) mass is 233 g/mol. The number of hydrogen-bond donors (Lipinski definition) is 0. The molecule has 0 aliphatic heterocycles. The number of hydrogen-bond acceptors (Lipinski definition) is 3. The van der Waals surface area contributed by atoms with E-state index in [4.69, 9.17) is 5.26 Å². The topological polar surface area (TPSA) is 66.1 Å². The molecule has 1 aromatic rings. The summed E-state index contributed by atoms with van der Waals surface area (Å²) in [6.45, 7) is 0.452. The Morgan fingerprint density at radius 3 is 2.82 bits per heavy atom. The standard InChI is InChI=1S/C12H15N3O2/c1-14(2)11(16)6-4-8-15-7-3-5-10(9-13)12(15)17/h3,5,7H,4,6,8H2,1-2H3. The molecule has 0 N–H and O–H groups in total.